The average Bonchev–Trinajstić information content (AvgIpc) is 3.45. The second-order valence-corrected chi connectivity index (χ2v) is 7.85. The van der Waals surface area contributed by atoms with E-state index in [2.05, 4.69) is 12.2 Å². The fourth-order valence-electron chi connectivity index (χ4n) is 3.94. The number of rotatable bonds is 10. The van der Waals surface area contributed by atoms with Crippen molar-refractivity contribution in [2.75, 3.05) is 13.7 Å². The molecular formula is C19H32N2O6. The van der Waals surface area contributed by atoms with Crippen molar-refractivity contribution in [1.82, 2.24) is 5.32 Å². The van der Waals surface area contributed by atoms with Crippen LogP contribution in [0, 0.1) is 17.8 Å². The van der Waals surface area contributed by atoms with Crippen LogP contribution in [0.2, 0.25) is 0 Å². The first kappa shape index (κ1) is 21.6. The topological polar surface area (TPSA) is 128 Å². The molecule has 4 N–H and O–H groups in total. The van der Waals surface area contributed by atoms with Crippen LogP contribution in [-0.4, -0.2) is 54.9 Å². The maximum Gasteiger partial charge on any atom is 0.330 e. The highest BCUT2D eigenvalue weighted by molar-refractivity contribution is 5.89. The van der Waals surface area contributed by atoms with Crippen LogP contribution in [0.5, 0.6) is 0 Å². The normalized spacial score (nSPS) is 25.9. The molecule has 0 bridgehead atoms. The largest absolute Gasteiger partial charge is 0.481 e. The molecule has 3 unspecified atom stereocenters. The van der Waals surface area contributed by atoms with E-state index in [0.717, 1.165) is 19.3 Å². The zero-order valence-corrected chi connectivity index (χ0v) is 16.2. The summed E-state index contributed by atoms with van der Waals surface area (Å²) in [7, 11) is 1.24. The number of nitrogens with one attached hydrogen (secondary N) is 1. The number of hydrogen-bond acceptors (Lipinski definition) is 6. The first-order valence-electron chi connectivity index (χ1n) is 9.80. The molecule has 8 nitrogen and oxygen atoms in total. The second kappa shape index (κ2) is 10.0. The standard InChI is InChI=1S/C19H32N2O6/c1-11-5-3-4-6-13(11)17(12-7-8-12)27-10-15(19(25)26-2)21-18(24)14(20)9-16(22)23/h11-15,17H,3-10,20H2,1-2H3,(H,21,24)(H,22,23)/t11?,13?,14-,15-,17?/m0/s1. The molecule has 5 atom stereocenters. The zero-order valence-electron chi connectivity index (χ0n) is 16.2. The number of nitrogens with two attached hydrogens (primary N) is 1. The molecule has 2 aliphatic rings. The highest BCUT2D eigenvalue weighted by Gasteiger charge is 2.41. The van der Waals surface area contributed by atoms with Gasteiger partial charge in [0.25, 0.3) is 0 Å². The lowest BCUT2D eigenvalue weighted by Crippen LogP contribution is -2.52. The third kappa shape index (κ3) is 6.46. The van der Waals surface area contributed by atoms with Crippen LogP contribution in [0.3, 0.4) is 0 Å². The summed E-state index contributed by atoms with van der Waals surface area (Å²) in [6.45, 7) is 2.26. The molecule has 1 amide bonds. The minimum absolute atomic E-state index is 0.00257. The van der Waals surface area contributed by atoms with Crippen LogP contribution in [0.4, 0.5) is 0 Å². The van der Waals surface area contributed by atoms with Crippen LogP contribution < -0.4 is 11.1 Å². The molecule has 0 aliphatic heterocycles. The predicted molar refractivity (Wildman–Crippen MR) is 97.8 cm³/mol. The van der Waals surface area contributed by atoms with Gasteiger partial charge in [0.1, 0.15) is 0 Å². The van der Waals surface area contributed by atoms with E-state index in [1.54, 1.807) is 0 Å². The van der Waals surface area contributed by atoms with E-state index in [4.69, 9.17) is 20.3 Å². The van der Waals surface area contributed by atoms with Crippen molar-refractivity contribution < 1.29 is 29.0 Å². The van der Waals surface area contributed by atoms with Gasteiger partial charge in [0.2, 0.25) is 5.91 Å². The smallest absolute Gasteiger partial charge is 0.330 e. The Bertz CT molecular complexity index is 536. The summed E-state index contributed by atoms with van der Waals surface area (Å²) in [5, 5.41) is 11.2. The highest BCUT2D eigenvalue weighted by atomic mass is 16.5. The average molecular weight is 384 g/mol. The Kier molecular flexibility index (Phi) is 8.04. The van der Waals surface area contributed by atoms with Crippen molar-refractivity contribution in [2.24, 2.45) is 23.5 Å². The van der Waals surface area contributed by atoms with Gasteiger partial charge in [-0.25, -0.2) is 4.79 Å². The van der Waals surface area contributed by atoms with Gasteiger partial charge in [-0.3, -0.25) is 9.59 Å². The van der Waals surface area contributed by atoms with Crippen molar-refractivity contribution in [3.8, 4) is 0 Å². The Balaban J connectivity index is 1.96. The van der Waals surface area contributed by atoms with E-state index in [1.807, 2.05) is 0 Å². The number of amides is 1. The lowest BCUT2D eigenvalue weighted by molar-refractivity contribution is -0.149. The molecular weight excluding hydrogens is 352 g/mol. The van der Waals surface area contributed by atoms with Gasteiger partial charge in [-0.05, 0) is 37.0 Å². The first-order valence-corrected chi connectivity index (χ1v) is 9.80. The fraction of sp³-hybridized carbons (Fsp3) is 0.842. The van der Waals surface area contributed by atoms with Crippen molar-refractivity contribution >= 4 is 17.8 Å². The molecule has 0 saturated heterocycles. The van der Waals surface area contributed by atoms with E-state index in [0.29, 0.717) is 17.8 Å². The molecule has 0 aromatic rings. The van der Waals surface area contributed by atoms with Gasteiger partial charge in [0.15, 0.2) is 6.04 Å². The van der Waals surface area contributed by atoms with E-state index >= 15 is 0 Å². The van der Waals surface area contributed by atoms with Crippen LogP contribution in [0.25, 0.3) is 0 Å². The summed E-state index contributed by atoms with van der Waals surface area (Å²) >= 11 is 0. The van der Waals surface area contributed by atoms with Crippen LogP contribution in [-0.2, 0) is 23.9 Å². The molecule has 8 heteroatoms. The number of carboxylic acids is 1. The van der Waals surface area contributed by atoms with Gasteiger partial charge >= 0.3 is 11.9 Å². The fourth-order valence-corrected chi connectivity index (χ4v) is 3.94. The molecule has 2 fully saturated rings. The summed E-state index contributed by atoms with van der Waals surface area (Å²) in [6, 6.07) is -2.23. The molecule has 0 aromatic heterocycles. The van der Waals surface area contributed by atoms with E-state index in [-0.39, 0.29) is 12.7 Å². The zero-order chi connectivity index (χ0) is 20.0. The van der Waals surface area contributed by atoms with Crippen molar-refractivity contribution in [3.05, 3.63) is 0 Å². The number of ether oxygens (including phenoxy) is 2. The lowest BCUT2D eigenvalue weighted by atomic mass is 9.76. The summed E-state index contributed by atoms with van der Waals surface area (Å²) < 4.78 is 10.9. The van der Waals surface area contributed by atoms with Crippen molar-refractivity contribution in [1.29, 1.82) is 0 Å². The molecule has 0 spiro atoms. The van der Waals surface area contributed by atoms with E-state index < -0.39 is 36.4 Å². The lowest BCUT2D eigenvalue weighted by Gasteiger charge is -2.36. The van der Waals surface area contributed by atoms with Crippen LogP contribution >= 0.6 is 0 Å². The predicted octanol–water partition coefficient (Wildman–Crippen LogP) is 1.07. The minimum atomic E-state index is -1.23. The molecule has 27 heavy (non-hydrogen) atoms. The maximum absolute atomic E-state index is 12.1. The quantitative estimate of drug-likeness (QED) is 0.481. The number of carbonyl (C=O) groups is 3. The maximum atomic E-state index is 12.1. The van der Waals surface area contributed by atoms with Crippen molar-refractivity contribution in [3.63, 3.8) is 0 Å². The first-order chi connectivity index (χ1) is 12.8. The van der Waals surface area contributed by atoms with Gasteiger partial charge in [-0.15, -0.1) is 0 Å². The van der Waals surface area contributed by atoms with E-state index in [1.165, 1.54) is 26.4 Å². The Morgan fingerprint density at radius 3 is 2.41 bits per heavy atom. The SMILES string of the molecule is COC(=O)[C@H](COC(C1CC1)C1CCCCC1C)NC(=O)[C@@H](N)CC(=O)O. The Labute approximate surface area is 160 Å². The molecule has 0 aromatic carbocycles. The van der Waals surface area contributed by atoms with Gasteiger partial charge in [-0.2, -0.15) is 0 Å². The summed E-state index contributed by atoms with van der Waals surface area (Å²) in [5.41, 5.74) is 5.57. The molecule has 2 aliphatic carbocycles. The summed E-state index contributed by atoms with van der Waals surface area (Å²) in [6.07, 6.45) is 6.60. The molecule has 0 heterocycles. The molecule has 154 valence electrons. The number of carboxylic acid groups (broad SMARTS) is 1. The molecule has 2 rings (SSSR count). The number of aliphatic carboxylic acids is 1. The third-order valence-corrected chi connectivity index (χ3v) is 5.68. The van der Waals surface area contributed by atoms with Crippen molar-refractivity contribution in [2.45, 2.75) is 70.1 Å². The van der Waals surface area contributed by atoms with Gasteiger partial charge in [-0.1, -0.05) is 26.2 Å². The second-order valence-electron chi connectivity index (χ2n) is 7.85. The Hall–Kier alpha value is -1.67. The number of carbonyl (C=O) groups excluding carboxylic acids is 2. The van der Waals surface area contributed by atoms with Crippen LogP contribution in [0.15, 0.2) is 0 Å². The van der Waals surface area contributed by atoms with Gasteiger partial charge < -0.3 is 25.6 Å². The van der Waals surface area contributed by atoms with Crippen LogP contribution in [0.1, 0.15) is 51.9 Å². The minimum Gasteiger partial charge on any atom is -0.481 e. The molecule has 0 radical (unpaired) electrons. The Morgan fingerprint density at radius 2 is 1.85 bits per heavy atom. The summed E-state index contributed by atoms with van der Waals surface area (Å²) in [5.74, 6) is -0.945. The number of methoxy groups -OCH3 is 1. The van der Waals surface area contributed by atoms with E-state index in [9.17, 15) is 14.4 Å². The monoisotopic (exact) mass is 384 g/mol. The number of hydrogen-bond donors (Lipinski definition) is 3. The number of esters is 1. The van der Waals surface area contributed by atoms with Gasteiger partial charge in [0, 0.05) is 0 Å². The highest BCUT2D eigenvalue weighted by Crippen LogP contribution is 2.44. The Morgan fingerprint density at radius 1 is 1.19 bits per heavy atom. The summed E-state index contributed by atoms with van der Waals surface area (Å²) in [4.78, 5) is 34.9. The third-order valence-electron chi connectivity index (χ3n) is 5.68. The van der Waals surface area contributed by atoms with Gasteiger partial charge in [0.05, 0.1) is 32.3 Å². The molecule has 2 saturated carbocycles.